The van der Waals surface area contributed by atoms with Gasteiger partial charge in [0.25, 0.3) is 0 Å². The maximum absolute atomic E-state index is 11.6. The van der Waals surface area contributed by atoms with Gasteiger partial charge in [-0.05, 0) is 48.1 Å². The van der Waals surface area contributed by atoms with Gasteiger partial charge in [0.1, 0.15) is 0 Å². The summed E-state index contributed by atoms with van der Waals surface area (Å²) in [7, 11) is 2.08. The van der Waals surface area contributed by atoms with E-state index in [2.05, 4.69) is 33.2 Å². The minimum absolute atomic E-state index is 0.392. The van der Waals surface area contributed by atoms with Crippen molar-refractivity contribution >= 4 is 27.7 Å². The first-order valence-corrected chi connectivity index (χ1v) is 6.81. The molecule has 1 aliphatic rings. The summed E-state index contributed by atoms with van der Waals surface area (Å²) < 4.78 is 6.09. The normalized spacial score (nSPS) is 19.8. The van der Waals surface area contributed by atoms with Crippen molar-refractivity contribution in [1.29, 1.82) is 0 Å². The zero-order valence-corrected chi connectivity index (χ0v) is 11.9. The van der Waals surface area contributed by atoms with Crippen LogP contribution >= 0.6 is 15.9 Å². The Kier molecular flexibility index (Phi) is 4.60. The van der Waals surface area contributed by atoms with Gasteiger partial charge in [0.2, 0.25) is 0 Å². The molecule has 18 heavy (non-hydrogen) atoms. The summed E-state index contributed by atoms with van der Waals surface area (Å²) in [5.74, 6) is 0.458. The lowest BCUT2D eigenvalue weighted by Crippen LogP contribution is -2.21. The van der Waals surface area contributed by atoms with Crippen molar-refractivity contribution in [3.05, 3.63) is 28.7 Å². The number of likely N-dealkylation sites (tertiary alicyclic amines) is 1. The SMILES string of the molecule is CN1CC[C@H](COC(=O)Nc2ccccc2Br)C1. The molecular weight excluding hydrogens is 296 g/mol. The molecule has 2 rings (SSSR count). The van der Waals surface area contributed by atoms with Crippen molar-refractivity contribution < 1.29 is 9.53 Å². The number of amides is 1. The maximum Gasteiger partial charge on any atom is 0.411 e. The van der Waals surface area contributed by atoms with Crippen molar-refractivity contribution in [2.75, 3.05) is 32.1 Å². The van der Waals surface area contributed by atoms with Gasteiger partial charge in [-0.1, -0.05) is 12.1 Å². The minimum Gasteiger partial charge on any atom is -0.449 e. The highest BCUT2D eigenvalue weighted by Gasteiger charge is 2.20. The number of nitrogens with one attached hydrogen (secondary N) is 1. The van der Waals surface area contributed by atoms with Gasteiger partial charge in [-0.3, -0.25) is 5.32 Å². The first-order valence-electron chi connectivity index (χ1n) is 6.02. The summed E-state index contributed by atoms with van der Waals surface area (Å²) in [4.78, 5) is 13.9. The van der Waals surface area contributed by atoms with Gasteiger partial charge in [-0.2, -0.15) is 0 Å². The number of hydrogen-bond donors (Lipinski definition) is 1. The fraction of sp³-hybridized carbons (Fsp3) is 0.462. The molecule has 1 fully saturated rings. The molecule has 1 atom stereocenters. The Bertz CT molecular complexity index is 425. The largest absolute Gasteiger partial charge is 0.449 e. The maximum atomic E-state index is 11.6. The third-order valence-corrected chi connectivity index (χ3v) is 3.74. The Balaban J connectivity index is 1.77. The standard InChI is InChI=1S/C13H17BrN2O2/c1-16-7-6-10(8-16)9-18-13(17)15-12-5-3-2-4-11(12)14/h2-5,10H,6-9H2,1H3,(H,15,17)/t10-/m0/s1. The number of ether oxygens (including phenoxy) is 1. The predicted molar refractivity (Wildman–Crippen MR) is 74.7 cm³/mol. The number of rotatable bonds is 3. The highest BCUT2D eigenvalue weighted by molar-refractivity contribution is 9.10. The first-order chi connectivity index (χ1) is 8.65. The molecule has 0 saturated carbocycles. The topological polar surface area (TPSA) is 41.6 Å². The van der Waals surface area contributed by atoms with Crippen LogP contribution in [0.2, 0.25) is 0 Å². The average Bonchev–Trinajstić information content (AvgIpc) is 2.76. The summed E-state index contributed by atoms with van der Waals surface area (Å²) in [5, 5.41) is 2.72. The molecule has 1 N–H and O–H groups in total. The molecule has 0 aliphatic carbocycles. The summed E-state index contributed by atoms with van der Waals surface area (Å²) in [6.07, 6.45) is 0.704. The summed E-state index contributed by atoms with van der Waals surface area (Å²) in [6, 6.07) is 7.47. The molecule has 0 bridgehead atoms. The van der Waals surface area contributed by atoms with E-state index in [1.807, 2.05) is 24.3 Å². The molecule has 1 saturated heterocycles. The average molecular weight is 313 g/mol. The molecule has 1 amide bonds. The Hall–Kier alpha value is -1.07. The van der Waals surface area contributed by atoms with Crippen molar-refractivity contribution in [3.8, 4) is 0 Å². The number of carbonyl (C=O) groups excluding carboxylic acids is 1. The quantitative estimate of drug-likeness (QED) is 0.933. The molecule has 1 aromatic carbocycles. The van der Waals surface area contributed by atoms with Crippen LogP contribution in [0.25, 0.3) is 0 Å². The van der Waals surface area contributed by atoms with Crippen LogP contribution in [0.15, 0.2) is 28.7 Å². The fourth-order valence-corrected chi connectivity index (χ4v) is 2.45. The van der Waals surface area contributed by atoms with Crippen LogP contribution in [0, 0.1) is 5.92 Å². The highest BCUT2D eigenvalue weighted by atomic mass is 79.9. The zero-order valence-electron chi connectivity index (χ0n) is 10.4. The number of benzene rings is 1. The van der Waals surface area contributed by atoms with Crippen LogP contribution in [0.1, 0.15) is 6.42 Å². The van der Waals surface area contributed by atoms with Gasteiger partial charge in [0.05, 0.1) is 12.3 Å². The third kappa shape index (κ3) is 3.71. The second-order valence-corrected chi connectivity index (χ2v) is 5.47. The second-order valence-electron chi connectivity index (χ2n) is 4.62. The van der Waals surface area contributed by atoms with E-state index in [4.69, 9.17) is 4.74 Å². The molecule has 1 aliphatic heterocycles. The fourth-order valence-electron chi connectivity index (χ4n) is 2.06. The Morgan fingerprint density at radius 2 is 2.33 bits per heavy atom. The first kappa shape index (κ1) is 13.4. The van der Waals surface area contributed by atoms with Gasteiger partial charge in [0.15, 0.2) is 0 Å². The monoisotopic (exact) mass is 312 g/mol. The van der Waals surface area contributed by atoms with Crippen LogP contribution in [-0.4, -0.2) is 37.7 Å². The number of para-hydroxylation sites is 1. The van der Waals surface area contributed by atoms with Crippen LogP contribution in [0.3, 0.4) is 0 Å². The Morgan fingerprint density at radius 3 is 3.00 bits per heavy atom. The number of carbonyl (C=O) groups is 1. The van der Waals surface area contributed by atoms with E-state index in [9.17, 15) is 4.79 Å². The van der Waals surface area contributed by atoms with Gasteiger partial charge >= 0.3 is 6.09 Å². The molecule has 98 valence electrons. The molecule has 1 heterocycles. The van der Waals surface area contributed by atoms with E-state index < -0.39 is 6.09 Å². The third-order valence-electron chi connectivity index (χ3n) is 3.05. The molecule has 0 aromatic heterocycles. The zero-order chi connectivity index (χ0) is 13.0. The Labute approximate surface area is 115 Å². The smallest absolute Gasteiger partial charge is 0.411 e. The number of halogens is 1. The summed E-state index contributed by atoms with van der Waals surface area (Å²) in [6.45, 7) is 2.57. The van der Waals surface area contributed by atoms with Crippen molar-refractivity contribution in [1.82, 2.24) is 4.90 Å². The van der Waals surface area contributed by atoms with Gasteiger partial charge in [-0.15, -0.1) is 0 Å². The van der Waals surface area contributed by atoms with E-state index in [1.165, 1.54) is 0 Å². The van der Waals surface area contributed by atoms with Crippen LogP contribution < -0.4 is 5.32 Å². The number of anilines is 1. The second kappa shape index (κ2) is 6.20. The van der Waals surface area contributed by atoms with Crippen molar-refractivity contribution in [3.63, 3.8) is 0 Å². The highest BCUT2D eigenvalue weighted by Crippen LogP contribution is 2.21. The van der Waals surface area contributed by atoms with Gasteiger partial charge < -0.3 is 9.64 Å². The van der Waals surface area contributed by atoms with Crippen molar-refractivity contribution in [2.45, 2.75) is 6.42 Å². The molecule has 0 unspecified atom stereocenters. The molecule has 0 spiro atoms. The summed E-state index contributed by atoms with van der Waals surface area (Å²) in [5.41, 5.74) is 0.728. The van der Waals surface area contributed by atoms with E-state index >= 15 is 0 Å². The van der Waals surface area contributed by atoms with Gasteiger partial charge in [-0.25, -0.2) is 4.79 Å². The molecule has 1 aromatic rings. The molecular formula is C13H17BrN2O2. The Morgan fingerprint density at radius 1 is 1.56 bits per heavy atom. The van der Waals surface area contributed by atoms with Crippen LogP contribution in [-0.2, 0) is 4.74 Å². The lowest BCUT2D eigenvalue weighted by Gasteiger charge is -2.12. The molecule has 5 heteroatoms. The van der Waals surface area contributed by atoms with Crippen LogP contribution in [0.4, 0.5) is 10.5 Å². The van der Waals surface area contributed by atoms with E-state index in [0.717, 1.165) is 29.7 Å². The van der Waals surface area contributed by atoms with E-state index in [-0.39, 0.29) is 0 Å². The molecule has 0 radical (unpaired) electrons. The van der Waals surface area contributed by atoms with E-state index in [1.54, 1.807) is 0 Å². The van der Waals surface area contributed by atoms with Crippen molar-refractivity contribution in [2.24, 2.45) is 5.92 Å². The van der Waals surface area contributed by atoms with Gasteiger partial charge in [0, 0.05) is 16.9 Å². The number of hydrogen-bond acceptors (Lipinski definition) is 3. The summed E-state index contributed by atoms with van der Waals surface area (Å²) >= 11 is 3.37. The predicted octanol–water partition coefficient (Wildman–Crippen LogP) is 2.95. The molecule has 4 nitrogen and oxygen atoms in total. The number of nitrogens with zero attached hydrogens (tertiary/aromatic N) is 1. The van der Waals surface area contributed by atoms with Crippen LogP contribution in [0.5, 0.6) is 0 Å². The lowest BCUT2D eigenvalue weighted by atomic mass is 10.1. The lowest BCUT2D eigenvalue weighted by molar-refractivity contribution is 0.142. The minimum atomic E-state index is -0.392. The van der Waals surface area contributed by atoms with E-state index in [0.29, 0.717) is 12.5 Å².